The molecule has 1 unspecified atom stereocenters. The van der Waals surface area contributed by atoms with Gasteiger partial charge in [-0.2, -0.15) is 0 Å². The molecule has 1 saturated heterocycles. The van der Waals surface area contributed by atoms with Crippen molar-refractivity contribution >= 4 is 9.84 Å². The van der Waals surface area contributed by atoms with Crippen LogP contribution in [0.1, 0.15) is 25.7 Å². The Kier molecular flexibility index (Phi) is 3.87. The second-order valence-corrected chi connectivity index (χ2v) is 7.41. The molecular formula is C11H22N2O2S. The SMILES string of the molecule is CS(=O)(=O)CCCNC1CCN(C2CC2)C1. The van der Waals surface area contributed by atoms with E-state index in [2.05, 4.69) is 10.2 Å². The summed E-state index contributed by atoms with van der Waals surface area (Å²) >= 11 is 0. The highest BCUT2D eigenvalue weighted by Gasteiger charge is 2.33. The summed E-state index contributed by atoms with van der Waals surface area (Å²) in [6, 6.07) is 1.45. The van der Waals surface area contributed by atoms with E-state index >= 15 is 0 Å². The zero-order chi connectivity index (χ0) is 11.6. The van der Waals surface area contributed by atoms with Gasteiger partial charge in [-0.15, -0.1) is 0 Å². The average molecular weight is 246 g/mol. The molecule has 0 aromatic heterocycles. The van der Waals surface area contributed by atoms with Crippen molar-refractivity contribution in [3.05, 3.63) is 0 Å². The first kappa shape index (κ1) is 12.3. The van der Waals surface area contributed by atoms with Crippen molar-refractivity contribution < 1.29 is 8.42 Å². The maximum Gasteiger partial charge on any atom is 0.147 e. The van der Waals surface area contributed by atoms with E-state index in [4.69, 9.17) is 0 Å². The lowest BCUT2D eigenvalue weighted by atomic mass is 10.2. The molecule has 4 nitrogen and oxygen atoms in total. The predicted octanol–water partition coefficient (Wildman–Crippen LogP) is 0.247. The first-order chi connectivity index (χ1) is 7.54. The molecule has 1 aliphatic heterocycles. The first-order valence-electron chi connectivity index (χ1n) is 6.20. The fourth-order valence-electron chi connectivity index (χ4n) is 2.37. The number of sulfone groups is 1. The first-order valence-corrected chi connectivity index (χ1v) is 8.26. The number of hydrogen-bond acceptors (Lipinski definition) is 4. The van der Waals surface area contributed by atoms with Gasteiger partial charge in [-0.05, 0) is 32.2 Å². The smallest absolute Gasteiger partial charge is 0.147 e. The molecule has 5 heteroatoms. The van der Waals surface area contributed by atoms with Gasteiger partial charge >= 0.3 is 0 Å². The Bertz CT molecular complexity index is 325. The molecule has 16 heavy (non-hydrogen) atoms. The summed E-state index contributed by atoms with van der Waals surface area (Å²) < 4.78 is 21.9. The van der Waals surface area contributed by atoms with Crippen LogP contribution in [0.2, 0.25) is 0 Å². The molecule has 1 heterocycles. The van der Waals surface area contributed by atoms with E-state index in [1.807, 2.05) is 0 Å². The lowest BCUT2D eigenvalue weighted by Crippen LogP contribution is -2.34. The van der Waals surface area contributed by atoms with Crippen molar-refractivity contribution in [1.29, 1.82) is 0 Å². The Morgan fingerprint density at radius 1 is 1.31 bits per heavy atom. The van der Waals surface area contributed by atoms with E-state index in [9.17, 15) is 8.42 Å². The highest BCUT2D eigenvalue weighted by atomic mass is 32.2. The number of likely N-dealkylation sites (tertiary alicyclic amines) is 1. The van der Waals surface area contributed by atoms with Crippen molar-refractivity contribution in [2.45, 2.75) is 37.8 Å². The largest absolute Gasteiger partial charge is 0.313 e. The summed E-state index contributed by atoms with van der Waals surface area (Å²) in [6.07, 6.45) is 6.01. The van der Waals surface area contributed by atoms with Gasteiger partial charge in [0, 0.05) is 31.4 Å². The topological polar surface area (TPSA) is 49.4 Å². The quantitative estimate of drug-likeness (QED) is 0.683. The third-order valence-corrected chi connectivity index (χ3v) is 4.44. The molecular weight excluding hydrogens is 224 g/mol. The summed E-state index contributed by atoms with van der Waals surface area (Å²) in [4.78, 5) is 2.56. The van der Waals surface area contributed by atoms with E-state index in [1.54, 1.807) is 0 Å². The van der Waals surface area contributed by atoms with Gasteiger partial charge in [0.2, 0.25) is 0 Å². The lowest BCUT2D eigenvalue weighted by molar-refractivity contribution is 0.317. The van der Waals surface area contributed by atoms with Crippen LogP contribution < -0.4 is 5.32 Å². The molecule has 2 rings (SSSR count). The summed E-state index contributed by atoms with van der Waals surface area (Å²) in [5.41, 5.74) is 0. The Morgan fingerprint density at radius 3 is 2.69 bits per heavy atom. The number of nitrogens with one attached hydrogen (secondary N) is 1. The van der Waals surface area contributed by atoms with Crippen LogP contribution in [0.5, 0.6) is 0 Å². The highest BCUT2D eigenvalue weighted by molar-refractivity contribution is 7.90. The minimum atomic E-state index is -2.78. The second kappa shape index (κ2) is 5.02. The molecule has 2 fully saturated rings. The standard InChI is InChI=1S/C11H22N2O2S/c1-16(14,15)8-2-6-12-10-5-7-13(9-10)11-3-4-11/h10-12H,2-9H2,1H3. The molecule has 0 radical (unpaired) electrons. The van der Waals surface area contributed by atoms with Gasteiger partial charge < -0.3 is 5.32 Å². The van der Waals surface area contributed by atoms with E-state index in [0.717, 1.165) is 25.6 Å². The van der Waals surface area contributed by atoms with Crippen LogP contribution in [-0.4, -0.2) is 57.0 Å². The second-order valence-electron chi connectivity index (χ2n) is 5.15. The molecule has 2 aliphatic rings. The minimum Gasteiger partial charge on any atom is -0.313 e. The van der Waals surface area contributed by atoms with Gasteiger partial charge in [0.25, 0.3) is 0 Å². The number of hydrogen-bond donors (Lipinski definition) is 1. The summed E-state index contributed by atoms with van der Waals surface area (Å²) in [7, 11) is -2.78. The van der Waals surface area contributed by atoms with Crippen molar-refractivity contribution in [1.82, 2.24) is 10.2 Å². The van der Waals surface area contributed by atoms with Crippen molar-refractivity contribution in [2.75, 3.05) is 31.6 Å². The molecule has 94 valence electrons. The average Bonchev–Trinajstić information content (AvgIpc) is 2.93. The van der Waals surface area contributed by atoms with Gasteiger partial charge in [-0.3, -0.25) is 4.90 Å². The van der Waals surface area contributed by atoms with Crippen molar-refractivity contribution in [2.24, 2.45) is 0 Å². The maximum atomic E-state index is 10.9. The Morgan fingerprint density at radius 2 is 2.06 bits per heavy atom. The molecule has 0 aromatic rings. The van der Waals surface area contributed by atoms with Crippen LogP contribution in [0.3, 0.4) is 0 Å². The van der Waals surface area contributed by atoms with Gasteiger partial charge in [-0.1, -0.05) is 0 Å². The molecule has 0 bridgehead atoms. The molecule has 1 aliphatic carbocycles. The van der Waals surface area contributed by atoms with Crippen LogP contribution >= 0.6 is 0 Å². The van der Waals surface area contributed by atoms with Crippen LogP contribution in [0.15, 0.2) is 0 Å². The van der Waals surface area contributed by atoms with E-state index < -0.39 is 9.84 Å². The lowest BCUT2D eigenvalue weighted by Gasteiger charge is -2.15. The van der Waals surface area contributed by atoms with E-state index in [-0.39, 0.29) is 0 Å². The number of nitrogens with zero attached hydrogens (tertiary/aromatic N) is 1. The van der Waals surface area contributed by atoms with Crippen LogP contribution in [0.25, 0.3) is 0 Å². The third kappa shape index (κ3) is 4.03. The zero-order valence-corrected chi connectivity index (χ0v) is 10.8. The fourth-order valence-corrected chi connectivity index (χ4v) is 3.03. The van der Waals surface area contributed by atoms with Gasteiger partial charge in [0.05, 0.1) is 5.75 Å². The molecule has 1 saturated carbocycles. The van der Waals surface area contributed by atoms with E-state index in [1.165, 1.54) is 32.1 Å². The summed E-state index contributed by atoms with van der Waals surface area (Å²) in [5.74, 6) is 0.305. The van der Waals surface area contributed by atoms with Gasteiger partial charge in [0.15, 0.2) is 0 Å². The van der Waals surface area contributed by atoms with Crippen LogP contribution in [0, 0.1) is 0 Å². The maximum absolute atomic E-state index is 10.9. The molecule has 0 spiro atoms. The highest BCUT2D eigenvalue weighted by Crippen LogP contribution is 2.29. The third-order valence-electron chi connectivity index (χ3n) is 3.41. The molecule has 0 amide bonds. The monoisotopic (exact) mass is 246 g/mol. The van der Waals surface area contributed by atoms with Gasteiger partial charge in [-0.25, -0.2) is 8.42 Å². The predicted molar refractivity (Wildman–Crippen MR) is 65.3 cm³/mol. The zero-order valence-electron chi connectivity index (χ0n) is 9.98. The Labute approximate surface area is 98.3 Å². The fraction of sp³-hybridized carbons (Fsp3) is 1.00. The van der Waals surface area contributed by atoms with Crippen LogP contribution in [0.4, 0.5) is 0 Å². The van der Waals surface area contributed by atoms with E-state index in [0.29, 0.717) is 11.8 Å². The minimum absolute atomic E-state index is 0.305. The Hall–Kier alpha value is -0.130. The van der Waals surface area contributed by atoms with Crippen LogP contribution in [-0.2, 0) is 9.84 Å². The number of rotatable bonds is 6. The molecule has 1 atom stereocenters. The van der Waals surface area contributed by atoms with Crippen molar-refractivity contribution in [3.8, 4) is 0 Å². The summed E-state index contributed by atoms with van der Waals surface area (Å²) in [5, 5.41) is 3.46. The Balaban J connectivity index is 1.57. The van der Waals surface area contributed by atoms with Gasteiger partial charge in [0.1, 0.15) is 9.84 Å². The molecule has 1 N–H and O–H groups in total. The normalized spacial score (nSPS) is 27.4. The van der Waals surface area contributed by atoms with Crippen molar-refractivity contribution in [3.63, 3.8) is 0 Å². The summed E-state index contributed by atoms with van der Waals surface area (Å²) in [6.45, 7) is 3.20. The molecule has 0 aromatic carbocycles.